The van der Waals surface area contributed by atoms with E-state index in [0.29, 0.717) is 32.1 Å². The maximum Gasteiger partial charge on any atom is 0.294 e. The first-order chi connectivity index (χ1) is 17.2. The summed E-state index contributed by atoms with van der Waals surface area (Å²) in [6, 6.07) is 17.3. The second-order valence-electron chi connectivity index (χ2n) is 7.87. The molecule has 0 radical (unpaired) electrons. The second-order valence-corrected chi connectivity index (χ2v) is 10.1. The van der Waals surface area contributed by atoms with Gasteiger partial charge in [0.1, 0.15) is 18.9 Å². The van der Waals surface area contributed by atoms with Crippen LogP contribution in [0.3, 0.4) is 0 Å². The first kappa shape index (κ1) is 26.1. The fourth-order valence-electron chi connectivity index (χ4n) is 3.31. The smallest absolute Gasteiger partial charge is 0.294 e. The van der Waals surface area contributed by atoms with Gasteiger partial charge < -0.3 is 10.1 Å². The number of nitrogens with zero attached hydrogens (tertiary/aromatic N) is 1. The molecular formula is C26H19Cl3N2O4S. The monoisotopic (exact) mass is 560 g/mol. The molecule has 1 aliphatic rings. The fraction of sp³-hybridized carbons (Fsp3) is 0.115. The van der Waals surface area contributed by atoms with E-state index in [9.17, 15) is 14.4 Å². The van der Waals surface area contributed by atoms with Crippen molar-refractivity contribution in [1.29, 1.82) is 0 Å². The van der Waals surface area contributed by atoms with Crippen LogP contribution in [0.2, 0.25) is 15.1 Å². The summed E-state index contributed by atoms with van der Waals surface area (Å²) >= 11 is 18.9. The van der Waals surface area contributed by atoms with E-state index in [1.54, 1.807) is 66.7 Å². The van der Waals surface area contributed by atoms with Gasteiger partial charge in [-0.1, -0.05) is 59.1 Å². The Balaban J connectivity index is 1.37. The zero-order chi connectivity index (χ0) is 25.8. The van der Waals surface area contributed by atoms with Crippen molar-refractivity contribution in [3.05, 3.63) is 97.3 Å². The lowest BCUT2D eigenvalue weighted by molar-refractivity contribution is -0.127. The molecule has 1 heterocycles. The van der Waals surface area contributed by atoms with E-state index in [2.05, 4.69) is 5.32 Å². The Labute approximate surface area is 227 Å². The van der Waals surface area contributed by atoms with Crippen LogP contribution in [0.4, 0.5) is 10.5 Å². The van der Waals surface area contributed by atoms with Gasteiger partial charge in [-0.05, 0) is 72.3 Å². The molecule has 0 spiro atoms. The lowest BCUT2D eigenvalue weighted by Gasteiger charge is -2.13. The van der Waals surface area contributed by atoms with E-state index < -0.39 is 23.6 Å². The highest BCUT2D eigenvalue weighted by Gasteiger charge is 2.36. The number of hydrogen-bond donors (Lipinski definition) is 1. The quantitative estimate of drug-likeness (QED) is 0.309. The minimum absolute atomic E-state index is 0.230. The molecule has 0 bridgehead atoms. The van der Waals surface area contributed by atoms with Crippen LogP contribution in [-0.2, 0) is 16.2 Å². The van der Waals surface area contributed by atoms with Gasteiger partial charge in [-0.25, -0.2) is 0 Å². The van der Waals surface area contributed by atoms with Gasteiger partial charge in [-0.2, -0.15) is 0 Å². The van der Waals surface area contributed by atoms with Gasteiger partial charge in [-0.15, -0.1) is 0 Å². The standard InChI is InChI=1S/C26H19Cl3N2O4S/c1-15-2-6-19(28)12-22(15)30-24(32)13-31-25(33)23(36-26(31)34)10-16-3-8-20(9-4-16)35-14-17-5-7-18(27)11-21(17)29/h2-12H,13-14H2,1H3,(H,30,32)/b23-10+. The number of ether oxygens (including phenoxy) is 1. The number of nitrogens with one attached hydrogen (secondary N) is 1. The molecule has 6 nitrogen and oxygen atoms in total. The van der Waals surface area contributed by atoms with Crippen molar-refractivity contribution >= 4 is 75.4 Å². The summed E-state index contributed by atoms with van der Waals surface area (Å²) in [6.07, 6.45) is 1.60. The van der Waals surface area contributed by atoms with E-state index in [1.165, 1.54) is 0 Å². The average molecular weight is 562 g/mol. The molecule has 1 saturated heterocycles. The molecule has 0 unspecified atom stereocenters. The molecule has 0 aliphatic carbocycles. The number of carbonyl (C=O) groups excluding carboxylic acids is 3. The molecule has 184 valence electrons. The Morgan fingerprint density at radius 1 is 1.00 bits per heavy atom. The maximum atomic E-state index is 12.8. The van der Waals surface area contributed by atoms with Crippen LogP contribution >= 0.6 is 46.6 Å². The summed E-state index contributed by atoms with van der Waals surface area (Å²) in [5, 5.41) is 3.72. The first-order valence-electron chi connectivity index (χ1n) is 10.7. The highest BCUT2D eigenvalue weighted by Crippen LogP contribution is 2.32. The van der Waals surface area contributed by atoms with Crippen LogP contribution in [0.15, 0.2) is 65.6 Å². The Hall–Kier alpha value is -2.97. The Kier molecular flexibility index (Phi) is 8.26. The molecule has 4 rings (SSSR count). The van der Waals surface area contributed by atoms with Crippen molar-refractivity contribution in [2.45, 2.75) is 13.5 Å². The number of thioether (sulfide) groups is 1. The predicted octanol–water partition coefficient (Wildman–Crippen LogP) is 7.21. The lowest BCUT2D eigenvalue weighted by Crippen LogP contribution is -2.36. The van der Waals surface area contributed by atoms with Gasteiger partial charge in [0.2, 0.25) is 5.91 Å². The molecule has 10 heteroatoms. The zero-order valence-electron chi connectivity index (χ0n) is 18.9. The lowest BCUT2D eigenvalue weighted by atomic mass is 10.2. The van der Waals surface area contributed by atoms with Gasteiger partial charge in [0.05, 0.1) is 4.91 Å². The third kappa shape index (κ3) is 6.42. The molecule has 0 saturated carbocycles. The molecule has 1 fully saturated rings. The molecule has 36 heavy (non-hydrogen) atoms. The summed E-state index contributed by atoms with van der Waals surface area (Å²) in [5.41, 5.74) is 2.84. The summed E-state index contributed by atoms with van der Waals surface area (Å²) in [6.45, 7) is 1.69. The van der Waals surface area contributed by atoms with E-state index in [0.717, 1.165) is 27.8 Å². The van der Waals surface area contributed by atoms with Crippen LogP contribution in [0.1, 0.15) is 16.7 Å². The summed E-state index contributed by atoms with van der Waals surface area (Å²) in [7, 11) is 0. The van der Waals surface area contributed by atoms with Gasteiger partial charge >= 0.3 is 0 Å². The number of hydrogen-bond acceptors (Lipinski definition) is 5. The third-order valence-electron chi connectivity index (χ3n) is 5.24. The largest absolute Gasteiger partial charge is 0.489 e. The van der Waals surface area contributed by atoms with Crippen molar-refractivity contribution in [2.75, 3.05) is 11.9 Å². The molecule has 1 N–H and O–H groups in total. The molecular weight excluding hydrogens is 543 g/mol. The summed E-state index contributed by atoms with van der Waals surface area (Å²) in [5.74, 6) is -0.411. The minimum atomic E-state index is -0.527. The van der Waals surface area contributed by atoms with Crippen molar-refractivity contribution in [3.63, 3.8) is 0 Å². The maximum absolute atomic E-state index is 12.8. The normalized spacial score (nSPS) is 14.4. The zero-order valence-corrected chi connectivity index (χ0v) is 22.0. The fourth-order valence-corrected chi connectivity index (χ4v) is 4.78. The number of aryl methyl sites for hydroxylation is 1. The highest BCUT2D eigenvalue weighted by atomic mass is 35.5. The Morgan fingerprint density at radius 3 is 2.42 bits per heavy atom. The SMILES string of the molecule is Cc1ccc(Cl)cc1NC(=O)CN1C(=O)S/C(=C/c2ccc(OCc3ccc(Cl)cc3Cl)cc2)C1=O. The topological polar surface area (TPSA) is 75.7 Å². The van der Waals surface area contributed by atoms with Crippen LogP contribution in [-0.4, -0.2) is 28.5 Å². The Morgan fingerprint density at radius 2 is 1.69 bits per heavy atom. The number of amides is 3. The number of benzene rings is 3. The molecule has 1 aliphatic heterocycles. The van der Waals surface area contributed by atoms with Crippen LogP contribution in [0.5, 0.6) is 5.75 Å². The number of imide groups is 1. The van der Waals surface area contributed by atoms with E-state index in [1.807, 2.05) is 6.92 Å². The van der Waals surface area contributed by atoms with Gasteiger partial charge in [0, 0.05) is 26.3 Å². The van der Waals surface area contributed by atoms with Crippen molar-refractivity contribution in [2.24, 2.45) is 0 Å². The molecule has 0 aromatic heterocycles. The van der Waals surface area contributed by atoms with E-state index in [4.69, 9.17) is 39.5 Å². The molecule has 0 atom stereocenters. The Bertz CT molecular complexity index is 1380. The second kappa shape index (κ2) is 11.4. The van der Waals surface area contributed by atoms with Crippen molar-refractivity contribution < 1.29 is 19.1 Å². The average Bonchev–Trinajstić information content (AvgIpc) is 3.09. The number of halogens is 3. The molecule has 3 aromatic carbocycles. The van der Waals surface area contributed by atoms with Gasteiger partial charge in [-0.3, -0.25) is 19.3 Å². The number of rotatable bonds is 7. The first-order valence-corrected chi connectivity index (χ1v) is 12.6. The number of carbonyl (C=O) groups is 3. The van der Waals surface area contributed by atoms with E-state index >= 15 is 0 Å². The minimum Gasteiger partial charge on any atom is -0.489 e. The van der Waals surface area contributed by atoms with Gasteiger partial charge in [0.15, 0.2) is 0 Å². The third-order valence-corrected chi connectivity index (χ3v) is 6.97. The van der Waals surface area contributed by atoms with Gasteiger partial charge in [0.25, 0.3) is 11.1 Å². The van der Waals surface area contributed by atoms with Crippen LogP contribution < -0.4 is 10.1 Å². The molecule has 3 amide bonds. The van der Waals surface area contributed by atoms with E-state index in [-0.39, 0.29) is 11.5 Å². The predicted molar refractivity (Wildman–Crippen MR) is 145 cm³/mol. The highest BCUT2D eigenvalue weighted by molar-refractivity contribution is 8.18. The number of anilines is 1. The van der Waals surface area contributed by atoms with Crippen LogP contribution in [0.25, 0.3) is 6.08 Å². The summed E-state index contributed by atoms with van der Waals surface area (Å²) in [4.78, 5) is 38.8. The van der Waals surface area contributed by atoms with Crippen LogP contribution in [0, 0.1) is 6.92 Å². The summed E-state index contributed by atoms with van der Waals surface area (Å²) < 4.78 is 5.77. The molecule has 3 aromatic rings. The van der Waals surface area contributed by atoms with Crippen molar-refractivity contribution in [1.82, 2.24) is 4.90 Å². The van der Waals surface area contributed by atoms with Crippen molar-refractivity contribution in [3.8, 4) is 5.75 Å².